The van der Waals surface area contributed by atoms with Crippen LogP contribution in [-0.4, -0.2) is 16.5 Å². The van der Waals surface area contributed by atoms with Crippen molar-refractivity contribution in [1.82, 2.24) is 4.98 Å². The molecular formula is C15H22N4O3Y-2. The number of nitro groups is 1. The molecule has 7 nitrogen and oxygen atoms in total. The van der Waals surface area contributed by atoms with Gasteiger partial charge in [0.15, 0.2) is 5.88 Å². The van der Waals surface area contributed by atoms with E-state index in [1.54, 1.807) is 13.0 Å². The molecule has 0 fully saturated rings. The van der Waals surface area contributed by atoms with Crippen molar-refractivity contribution in [3.63, 3.8) is 0 Å². The van der Waals surface area contributed by atoms with Crippen LogP contribution in [0.5, 0.6) is 0 Å². The first-order valence-electron chi connectivity index (χ1n) is 7.07. The fourth-order valence-corrected chi connectivity index (χ4v) is 1.98. The van der Waals surface area contributed by atoms with Gasteiger partial charge in [0.05, 0.1) is 17.2 Å². The predicted octanol–water partition coefficient (Wildman–Crippen LogP) is 3.22. The summed E-state index contributed by atoms with van der Waals surface area (Å²) in [6.45, 7) is 9.66. The van der Waals surface area contributed by atoms with E-state index in [9.17, 15) is 10.1 Å². The summed E-state index contributed by atoms with van der Waals surface area (Å²) in [5.41, 5.74) is 6.35. The molecular weight excluding hydrogens is 373 g/mol. The quantitative estimate of drug-likeness (QED) is 0.227. The minimum atomic E-state index is -0.575. The first-order chi connectivity index (χ1) is 10.4. The van der Waals surface area contributed by atoms with E-state index in [1.807, 2.05) is 0 Å². The summed E-state index contributed by atoms with van der Waals surface area (Å²) >= 11 is 0. The molecule has 0 bridgehead atoms. The third-order valence-electron chi connectivity index (χ3n) is 3.07. The summed E-state index contributed by atoms with van der Waals surface area (Å²) in [6.07, 6.45) is 3.34. The van der Waals surface area contributed by atoms with Gasteiger partial charge in [0.1, 0.15) is 0 Å². The van der Waals surface area contributed by atoms with Crippen LogP contribution < -0.4 is 10.6 Å². The molecule has 0 aliphatic rings. The molecule has 0 aliphatic heterocycles. The Labute approximate surface area is 162 Å². The summed E-state index contributed by atoms with van der Waals surface area (Å²) in [5.74, 6) is 0.0741. The minimum absolute atomic E-state index is 0. The Kier molecular flexibility index (Phi) is 9.99. The van der Waals surface area contributed by atoms with E-state index in [4.69, 9.17) is 10.5 Å². The molecule has 1 aromatic rings. The van der Waals surface area contributed by atoms with Crippen LogP contribution in [0.2, 0.25) is 0 Å². The molecule has 0 aromatic carbocycles. The van der Waals surface area contributed by atoms with E-state index in [0.29, 0.717) is 18.7 Å². The van der Waals surface area contributed by atoms with Crippen LogP contribution in [0.3, 0.4) is 0 Å². The average molecular weight is 395 g/mol. The molecule has 1 radical (unpaired) electrons. The van der Waals surface area contributed by atoms with E-state index < -0.39 is 4.92 Å². The number of hydrogen-bond acceptors (Lipinski definition) is 6. The molecule has 23 heavy (non-hydrogen) atoms. The van der Waals surface area contributed by atoms with E-state index in [2.05, 4.69) is 25.5 Å². The minimum Gasteiger partial charge on any atom is -0.482 e. The number of aromatic nitrogens is 1. The summed E-state index contributed by atoms with van der Waals surface area (Å²) < 4.78 is 5.25. The van der Waals surface area contributed by atoms with Gasteiger partial charge in [-0.2, -0.15) is 6.42 Å². The maximum atomic E-state index is 11.3. The fourth-order valence-electron chi connectivity index (χ4n) is 1.98. The molecule has 0 aliphatic carbocycles. The third-order valence-corrected chi connectivity index (χ3v) is 3.07. The Morgan fingerprint density at radius 2 is 2.22 bits per heavy atom. The van der Waals surface area contributed by atoms with Crippen LogP contribution >= 0.6 is 0 Å². The van der Waals surface area contributed by atoms with Crippen LogP contribution in [-0.2, 0) is 43.9 Å². The van der Waals surface area contributed by atoms with Crippen LogP contribution in [0.4, 0.5) is 17.2 Å². The summed E-state index contributed by atoms with van der Waals surface area (Å²) in [7, 11) is 3.76. The van der Waals surface area contributed by atoms with Crippen molar-refractivity contribution in [3.8, 4) is 0 Å². The van der Waals surface area contributed by atoms with E-state index in [-0.39, 0.29) is 55.8 Å². The van der Waals surface area contributed by atoms with Crippen molar-refractivity contribution in [2.24, 2.45) is 0 Å². The normalized spacial score (nSPS) is 9.87. The standard InChI is InChI=1S/C15H22N4O3.Y/c1-5-7-8-9-12-10-13(18(4)11(3)22-6-2)14(19(20)21)15(16)17-12;/h10H,1,3-9H2,2H3,(H2,16,17);/q-2;. The number of rotatable bonds is 9. The molecule has 1 heterocycles. The number of nitrogens with two attached hydrogens (primary N) is 1. The van der Waals surface area contributed by atoms with E-state index in [1.165, 1.54) is 4.90 Å². The number of ether oxygens (including phenoxy) is 1. The van der Waals surface area contributed by atoms with Crippen molar-refractivity contribution in [2.75, 3.05) is 17.2 Å². The molecule has 0 saturated carbocycles. The number of nitrogen functional groups attached to an aromatic ring is 1. The Hall–Kier alpha value is -1.21. The molecule has 0 atom stereocenters. The van der Waals surface area contributed by atoms with Gasteiger partial charge in [-0.3, -0.25) is 10.1 Å². The molecule has 0 saturated heterocycles. The van der Waals surface area contributed by atoms with Crippen LogP contribution in [0, 0.1) is 24.1 Å². The first-order valence-corrected chi connectivity index (χ1v) is 7.07. The molecule has 2 N–H and O–H groups in total. The van der Waals surface area contributed by atoms with Crippen LogP contribution in [0.25, 0.3) is 0 Å². The average Bonchev–Trinajstić information content (AvgIpc) is 2.45. The predicted molar refractivity (Wildman–Crippen MR) is 86.8 cm³/mol. The van der Waals surface area contributed by atoms with Gasteiger partial charge >= 0.3 is 5.69 Å². The van der Waals surface area contributed by atoms with E-state index >= 15 is 0 Å². The summed E-state index contributed by atoms with van der Waals surface area (Å²) in [6, 6.07) is 1.61. The summed E-state index contributed by atoms with van der Waals surface area (Å²) in [4.78, 5) is 16.1. The number of aryl methyl sites for hydroxylation is 1. The second kappa shape index (κ2) is 10.5. The Morgan fingerprint density at radius 1 is 1.57 bits per heavy atom. The van der Waals surface area contributed by atoms with Crippen LogP contribution in [0.1, 0.15) is 31.9 Å². The zero-order chi connectivity index (χ0) is 16.7. The Morgan fingerprint density at radius 3 is 2.74 bits per heavy atom. The van der Waals surface area contributed by atoms with Gasteiger partial charge in [0.2, 0.25) is 5.82 Å². The van der Waals surface area contributed by atoms with Gasteiger partial charge < -0.3 is 22.3 Å². The van der Waals surface area contributed by atoms with Crippen LogP contribution in [0.15, 0.2) is 18.5 Å². The molecule has 0 amide bonds. The first kappa shape index (κ1) is 21.8. The fraction of sp³-hybridized carbons (Fsp3) is 0.400. The number of nitrogens with zero attached hydrogens (tertiary/aromatic N) is 3. The van der Waals surface area contributed by atoms with Gasteiger partial charge in [0.25, 0.3) is 0 Å². The monoisotopic (exact) mass is 395 g/mol. The second-order valence-electron chi connectivity index (χ2n) is 4.69. The van der Waals surface area contributed by atoms with Crippen molar-refractivity contribution >= 4 is 17.2 Å². The number of pyridine rings is 1. The van der Waals surface area contributed by atoms with Gasteiger partial charge in [-0.25, -0.2) is 12.0 Å². The maximum absolute atomic E-state index is 11.3. The molecule has 1 rings (SSSR count). The van der Waals surface area contributed by atoms with Gasteiger partial charge in [0, 0.05) is 38.4 Å². The Bertz CT molecular complexity index is 552. The molecule has 0 unspecified atom stereocenters. The van der Waals surface area contributed by atoms with Crippen molar-refractivity contribution in [2.45, 2.75) is 32.6 Å². The zero-order valence-corrected chi connectivity index (χ0v) is 16.3. The van der Waals surface area contributed by atoms with Gasteiger partial charge in [-0.05, 0) is 26.0 Å². The summed E-state index contributed by atoms with van der Waals surface area (Å²) in [5, 5.41) is 11.3. The van der Waals surface area contributed by atoms with Crippen molar-refractivity contribution in [3.05, 3.63) is 48.3 Å². The number of unbranched alkanes of at least 4 members (excludes halogenated alkanes) is 2. The van der Waals surface area contributed by atoms with E-state index in [0.717, 1.165) is 19.3 Å². The van der Waals surface area contributed by atoms with Gasteiger partial charge in [-0.1, -0.05) is 12.8 Å². The maximum Gasteiger partial charge on any atom is 0.332 e. The topological polar surface area (TPSA) is 94.5 Å². The molecule has 8 heteroatoms. The number of hydrogen-bond donors (Lipinski definition) is 1. The smallest absolute Gasteiger partial charge is 0.332 e. The van der Waals surface area contributed by atoms with Gasteiger partial charge in [-0.15, -0.1) is 0 Å². The molecule has 0 spiro atoms. The Balaban J connectivity index is 0.00000484. The molecule has 125 valence electrons. The SMILES string of the molecule is C=C(OCC)N([CH2-])c1cc(CCCC[CH2-])nc(N)c1[N+](=O)[O-].[Y]. The third kappa shape index (κ3) is 6.07. The second-order valence-corrected chi connectivity index (χ2v) is 4.69. The molecule has 1 aromatic heterocycles. The largest absolute Gasteiger partial charge is 0.482 e. The van der Waals surface area contributed by atoms with Crippen molar-refractivity contribution in [1.29, 1.82) is 0 Å². The number of anilines is 2. The zero-order valence-electron chi connectivity index (χ0n) is 13.5. The van der Waals surface area contributed by atoms with Crippen molar-refractivity contribution < 1.29 is 42.4 Å².